The molecule has 0 bridgehead atoms. The minimum absolute atomic E-state index is 0.716. The normalized spacial score (nSPS) is 13.9. The summed E-state index contributed by atoms with van der Waals surface area (Å²) in [7, 11) is 4.29. The summed E-state index contributed by atoms with van der Waals surface area (Å²) in [6.07, 6.45) is 5.11. The zero-order chi connectivity index (χ0) is 11.0. The van der Waals surface area contributed by atoms with E-state index in [1.807, 2.05) is 7.05 Å². The van der Waals surface area contributed by atoms with E-state index in [0.29, 0.717) is 6.04 Å². The fourth-order valence-corrected chi connectivity index (χ4v) is 2.00. The Morgan fingerprint density at radius 1 is 1.21 bits per heavy atom. The Morgan fingerprint density at radius 3 is 2.21 bits per heavy atom. The molecule has 0 amide bonds. The smallest absolute Gasteiger partial charge is 0.00897 e. The second kappa shape index (κ2) is 8.25. The lowest BCUT2D eigenvalue weighted by molar-refractivity contribution is 0.165. The van der Waals surface area contributed by atoms with E-state index in [2.05, 4.69) is 38.0 Å². The van der Waals surface area contributed by atoms with Gasteiger partial charge in [-0.15, -0.1) is 0 Å². The number of nitrogens with zero attached hydrogens (tertiary/aromatic N) is 1. The van der Waals surface area contributed by atoms with Gasteiger partial charge in [-0.05, 0) is 53.2 Å². The monoisotopic (exact) mass is 200 g/mol. The first-order valence-electron chi connectivity index (χ1n) is 6.03. The molecule has 86 valence electrons. The predicted molar refractivity (Wildman–Crippen MR) is 64.8 cm³/mol. The van der Waals surface area contributed by atoms with E-state index in [1.54, 1.807) is 0 Å². The molecular formula is C12H28N2. The molecule has 0 rings (SSSR count). The van der Waals surface area contributed by atoms with Crippen molar-refractivity contribution in [2.24, 2.45) is 0 Å². The van der Waals surface area contributed by atoms with Crippen molar-refractivity contribution >= 4 is 0 Å². The molecule has 1 atom stereocenters. The third-order valence-corrected chi connectivity index (χ3v) is 3.26. The Labute approximate surface area is 90.1 Å². The predicted octanol–water partition coefficient (Wildman–Crippen LogP) is 2.49. The fourth-order valence-electron chi connectivity index (χ4n) is 2.00. The summed E-state index contributed by atoms with van der Waals surface area (Å²) in [5.74, 6) is 0. The zero-order valence-electron chi connectivity index (χ0n) is 10.6. The van der Waals surface area contributed by atoms with Gasteiger partial charge in [-0.2, -0.15) is 0 Å². The van der Waals surface area contributed by atoms with Gasteiger partial charge >= 0.3 is 0 Å². The van der Waals surface area contributed by atoms with Crippen LogP contribution in [0, 0.1) is 0 Å². The van der Waals surface area contributed by atoms with Gasteiger partial charge < -0.3 is 10.2 Å². The lowest BCUT2D eigenvalue weighted by Gasteiger charge is -2.32. The van der Waals surface area contributed by atoms with E-state index in [4.69, 9.17) is 0 Å². The van der Waals surface area contributed by atoms with Crippen LogP contribution in [0.3, 0.4) is 0 Å². The van der Waals surface area contributed by atoms with Gasteiger partial charge in [0.2, 0.25) is 0 Å². The van der Waals surface area contributed by atoms with E-state index in [0.717, 1.165) is 12.6 Å². The molecule has 0 radical (unpaired) electrons. The van der Waals surface area contributed by atoms with Crippen LogP contribution >= 0.6 is 0 Å². The van der Waals surface area contributed by atoms with E-state index in [-0.39, 0.29) is 0 Å². The maximum Gasteiger partial charge on any atom is 0.00897 e. The van der Waals surface area contributed by atoms with Crippen LogP contribution in [0.25, 0.3) is 0 Å². The summed E-state index contributed by atoms with van der Waals surface area (Å²) >= 11 is 0. The van der Waals surface area contributed by atoms with E-state index >= 15 is 0 Å². The number of hydrogen-bond acceptors (Lipinski definition) is 2. The van der Waals surface area contributed by atoms with Crippen LogP contribution in [0.4, 0.5) is 0 Å². The van der Waals surface area contributed by atoms with Crippen LogP contribution in [-0.2, 0) is 0 Å². The summed E-state index contributed by atoms with van der Waals surface area (Å²) in [6.45, 7) is 8.05. The molecule has 0 aliphatic heterocycles. The van der Waals surface area contributed by atoms with Crippen LogP contribution in [0.5, 0.6) is 0 Å². The average molecular weight is 200 g/mol. The van der Waals surface area contributed by atoms with Gasteiger partial charge in [0, 0.05) is 12.1 Å². The SMILES string of the molecule is CCC(CC)N(C)C(C)CCCNC. The first-order chi connectivity index (χ1) is 6.67. The second-order valence-corrected chi connectivity index (χ2v) is 4.23. The maximum atomic E-state index is 3.20. The number of hydrogen-bond donors (Lipinski definition) is 1. The molecular weight excluding hydrogens is 172 g/mol. The Balaban J connectivity index is 3.78. The van der Waals surface area contributed by atoms with Crippen molar-refractivity contribution in [1.29, 1.82) is 0 Å². The zero-order valence-corrected chi connectivity index (χ0v) is 10.6. The second-order valence-electron chi connectivity index (χ2n) is 4.23. The lowest BCUT2D eigenvalue weighted by atomic mass is 10.1. The van der Waals surface area contributed by atoms with Gasteiger partial charge in [0.25, 0.3) is 0 Å². The van der Waals surface area contributed by atoms with E-state index in [1.165, 1.54) is 25.7 Å². The quantitative estimate of drug-likeness (QED) is 0.606. The molecule has 0 aliphatic rings. The van der Waals surface area contributed by atoms with Crippen LogP contribution in [0.2, 0.25) is 0 Å². The molecule has 2 heteroatoms. The van der Waals surface area contributed by atoms with Crippen molar-refractivity contribution in [3.8, 4) is 0 Å². The minimum atomic E-state index is 0.716. The molecule has 0 aromatic heterocycles. The molecule has 1 N–H and O–H groups in total. The maximum absolute atomic E-state index is 3.20. The average Bonchev–Trinajstić information content (AvgIpc) is 2.19. The Hall–Kier alpha value is -0.0800. The first-order valence-corrected chi connectivity index (χ1v) is 6.03. The molecule has 14 heavy (non-hydrogen) atoms. The summed E-state index contributed by atoms with van der Waals surface area (Å²) in [4.78, 5) is 2.54. The Morgan fingerprint density at radius 2 is 1.79 bits per heavy atom. The van der Waals surface area contributed by atoms with Crippen molar-refractivity contribution in [2.45, 2.75) is 58.5 Å². The minimum Gasteiger partial charge on any atom is -0.320 e. The third-order valence-electron chi connectivity index (χ3n) is 3.26. The van der Waals surface area contributed by atoms with Crippen molar-refractivity contribution in [1.82, 2.24) is 10.2 Å². The largest absolute Gasteiger partial charge is 0.320 e. The molecule has 0 aromatic carbocycles. The van der Waals surface area contributed by atoms with Gasteiger partial charge in [-0.1, -0.05) is 13.8 Å². The van der Waals surface area contributed by atoms with Crippen LogP contribution in [0.15, 0.2) is 0 Å². The summed E-state index contributed by atoms with van der Waals surface area (Å²) in [5, 5.41) is 3.20. The first kappa shape index (κ1) is 13.9. The van der Waals surface area contributed by atoms with Crippen LogP contribution in [-0.4, -0.2) is 37.6 Å². The van der Waals surface area contributed by atoms with Crippen molar-refractivity contribution in [3.05, 3.63) is 0 Å². The fraction of sp³-hybridized carbons (Fsp3) is 1.00. The van der Waals surface area contributed by atoms with Gasteiger partial charge in [-0.25, -0.2) is 0 Å². The number of nitrogens with one attached hydrogen (secondary N) is 1. The topological polar surface area (TPSA) is 15.3 Å². The standard InChI is InChI=1S/C12H28N2/c1-6-12(7-2)14(5)11(3)9-8-10-13-4/h11-13H,6-10H2,1-5H3. The van der Waals surface area contributed by atoms with Crippen LogP contribution in [0.1, 0.15) is 46.5 Å². The molecule has 2 nitrogen and oxygen atoms in total. The van der Waals surface area contributed by atoms with E-state index < -0.39 is 0 Å². The highest BCUT2D eigenvalue weighted by Gasteiger charge is 2.15. The molecule has 0 heterocycles. The number of rotatable bonds is 8. The molecule has 0 saturated carbocycles. The van der Waals surface area contributed by atoms with Gasteiger partial charge in [0.1, 0.15) is 0 Å². The summed E-state index contributed by atoms with van der Waals surface area (Å²) in [5.41, 5.74) is 0. The third kappa shape index (κ3) is 4.97. The Kier molecular flexibility index (Phi) is 8.20. The molecule has 0 saturated heterocycles. The molecule has 0 aromatic rings. The highest BCUT2D eigenvalue weighted by Crippen LogP contribution is 2.13. The summed E-state index contributed by atoms with van der Waals surface area (Å²) < 4.78 is 0. The van der Waals surface area contributed by atoms with Gasteiger partial charge in [0.05, 0.1) is 0 Å². The van der Waals surface area contributed by atoms with Crippen molar-refractivity contribution in [3.63, 3.8) is 0 Å². The molecule has 0 spiro atoms. The molecule has 1 unspecified atom stereocenters. The van der Waals surface area contributed by atoms with Gasteiger partial charge in [-0.3, -0.25) is 0 Å². The van der Waals surface area contributed by atoms with Crippen molar-refractivity contribution < 1.29 is 0 Å². The molecule has 0 aliphatic carbocycles. The van der Waals surface area contributed by atoms with Crippen molar-refractivity contribution in [2.75, 3.05) is 20.6 Å². The van der Waals surface area contributed by atoms with Crippen LogP contribution < -0.4 is 5.32 Å². The van der Waals surface area contributed by atoms with E-state index in [9.17, 15) is 0 Å². The lowest BCUT2D eigenvalue weighted by Crippen LogP contribution is -2.38. The highest BCUT2D eigenvalue weighted by atomic mass is 15.1. The van der Waals surface area contributed by atoms with Gasteiger partial charge in [0.15, 0.2) is 0 Å². The molecule has 0 fully saturated rings. The highest BCUT2D eigenvalue weighted by molar-refractivity contribution is 4.71. The summed E-state index contributed by atoms with van der Waals surface area (Å²) in [6, 6.07) is 1.48. The Bertz CT molecular complexity index is 121.